The van der Waals surface area contributed by atoms with E-state index in [1.54, 1.807) is 0 Å². The Morgan fingerprint density at radius 3 is 0.729 bits per heavy atom. The van der Waals surface area contributed by atoms with Gasteiger partial charge in [-0.25, -0.2) is 0 Å². The van der Waals surface area contributed by atoms with Gasteiger partial charge in [-0.05, 0) is 0 Å². The van der Waals surface area contributed by atoms with Gasteiger partial charge in [-0.15, -0.1) is 0 Å². The fourth-order valence-electron chi connectivity index (χ4n) is 18.3. The van der Waals surface area contributed by atoms with Gasteiger partial charge in [-0.3, -0.25) is 28.8 Å². The molecule has 11 rings (SSSR count). The van der Waals surface area contributed by atoms with E-state index in [-0.39, 0.29) is 6.41 Å². The average Bonchev–Trinajstić information content (AvgIpc) is 0.791. The topological polar surface area (TPSA) is 985 Å². The van der Waals surface area contributed by atoms with Crippen molar-refractivity contribution in [2.24, 2.45) is 0 Å². The van der Waals surface area contributed by atoms with Gasteiger partial charge < -0.3 is 289 Å². The van der Waals surface area contributed by atoms with Crippen LogP contribution in [0.4, 0.5) is 0 Å². The number of hydrogen-bond acceptors (Lipinski definition) is 58. The molecule has 11 saturated heterocycles. The number of amides is 6. The maximum Gasteiger partial charge on any atom is 0.217 e. The van der Waals surface area contributed by atoms with E-state index in [0.717, 1.165) is 34.6 Å². The summed E-state index contributed by atoms with van der Waals surface area (Å²) in [7, 11) is 0. The van der Waals surface area contributed by atoms with Crippen LogP contribution in [0.1, 0.15) is 34.6 Å². The Bertz CT molecular complexity index is 3980. The zero-order valence-corrected chi connectivity index (χ0v) is 77.4. The van der Waals surface area contributed by atoms with Gasteiger partial charge in [-0.2, -0.15) is 0 Å². The van der Waals surface area contributed by atoms with Crippen LogP contribution in [0, 0.1) is 0 Å². The number of carbonyl (C=O) groups excluding carboxylic acids is 6. The molecule has 0 radical (unpaired) electrons. The van der Waals surface area contributed by atoms with E-state index in [1.165, 1.54) is 0 Å². The number of rotatable bonds is 42. The largest absolute Gasteiger partial charge is 0.394 e. The molecule has 11 aliphatic rings. The molecule has 6 amide bonds. The second-order valence-corrected chi connectivity index (χ2v) is 36.0. The van der Waals surface area contributed by atoms with E-state index in [9.17, 15) is 182 Å². The highest BCUT2D eigenvalue weighted by atomic mass is 16.8. The molecule has 0 aromatic carbocycles. The van der Waals surface area contributed by atoms with Crippen molar-refractivity contribution in [3.8, 4) is 0 Å². The lowest BCUT2D eigenvalue weighted by molar-refractivity contribution is -0.388. The Morgan fingerprint density at radius 2 is 0.444 bits per heavy atom. The zero-order valence-electron chi connectivity index (χ0n) is 77.4. The van der Waals surface area contributed by atoms with Crippen molar-refractivity contribution in [3.63, 3.8) is 0 Å². The van der Waals surface area contributed by atoms with Crippen molar-refractivity contribution >= 4 is 35.9 Å². The van der Waals surface area contributed by atoms with Crippen LogP contribution in [-0.4, -0.2) is 619 Å². The van der Waals surface area contributed by atoms with Crippen LogP contribution in [-0.2, 0) is 133 Å². The third-order valence-corrected chi connectivity index (χ3v) is 25.9. The zero-order chi connectivity index (χ0) is 106. The second-order valence-electron chi connectivity index (χ2n) is 36.0. The summed E-state index contributed by atoms with van der Waals surface area (Å²) in [6.07, 6.45) is -105. The van der Waals surface area contributed by atoms with Crippen LogP contribution in [0.2, 0.25) is 0 Å². The minimum Gasteiger partial charge on any atom is -0.394 e. The van der Waals surface area contributed by atoms with Gasteiger partial charge in [0.25, 0.3) is 0 Å². The summed E-state index contributed by atoms with van der Waals surface area (Å²) >= 11 is 0. The van der Waals surface area contributed by atoms with Crippen molar-refractivity contribution in [2.75, 3.05) is 85.9 Å². The van der Waals surface area contributed by atoms with Gasteiger partial charge in [0.2, 0.25) is 35.9 Å². The predicted molar refractivity (Wildman–Crippen MR) is 444 cm³/mol. The minimum absolute atomic E-state index is 0.235. The Kier molecular flexibility index (Phi) is 44.1. The van der Waals surface area contributed by atoms with Gasteiger partial charge in [0.15, 0.2) is 69.2 Å². The van der Waals surface area contributed by atoms with Crippen molar-refractivity contribution in [1.29, 1.82) is 0 Å². The van der Waals surface area contributed by atoms with Crippen LogP contribution in [0.25, 0.3) is 0 Å². The average molecular weight is 2110 g/mol. The van der Waals surface area contributed by atoms with Crippen LogP contribution < -0.4 is 31.9 Å². The molecule has 0 unspecified atom stereocenters. The molecular weight excluding hydrogens is 1970 g/mol. The fourth-order valence-corrected chi connectivity index (χ4v) is 18.3. The normalized spacial score (nSPS) is 47.3. The highest BCUT2D eigenvalue weighted by molar-refractivity contribution is 5.75. The highest BCUT2D eigenvalue weighted by Gasteiger charge is 2.63. The van der Waals surface area contributed by atoms with Gasteiger partial charge >= 0.3 is 0 Å². The number of nitrogens with one attached hydrogen (secondary N) is 6. The van der Waals surface area contributed by atoms with E-state index in [4.69, 9.17) is 104 Å². The third-order valence-electron chi connectivity index (χ3n) is 25.9. The Morgan fingerprint density at radius 1 is 0.229 bits per heavy atom. The fraction of sp³-hybridized carbons (Fsp3) is 0.925. The summed E-state index contributed by atoms with van der Waals surface area (Å²) < 4.78 is 131. The number of carbonyl (C=O) groups is 6. The summed E-state index contributed by atoms with van der Waals surface area (Å²) in [5.74, 6) is -4.90. The van der Waals surface area contributed by atoms with Crippen molar-refractivity contribution in [2.45, 2.75) is 378 Å². The van der Waals surface area contributed by atoms with E-state index < -0.39 is 459 Å². The molecule has 64 nitrogen and oxygen atoms in total. The molecule has 0 bridgehead atoms. The minimum atomic E-state index is -2.56. The van der Waals surface area contributed by atoms with E-state index in [2.05, 4.69) is 31.9 Å². The molecule has 832 valence electrons. The molecule has 0 spiro atoms. The van der Waals surface area contributed by atoms with Crippen LogP contribution in [0.5, 0.6) is 0 Å². The lowest BCUT2D eigenvalue weighted by Gasteiger charge is -2.51. The highest BCUT2D eigenvalue weighted by Crippen LogP contribution is 2.42. The second kappa shape index (κ2) is 53.3. The summed E-state index contributed by atoms with van der Waals surface area (Å²) in [5.41, 5.74) is 0. The molecular formula is C80H134N6O58. The first-order valence-corrected chi connectivity index (χ1v) is 45.9. The molecule has 0 aromatic rings. The third kappa shape index (κ3) is 27.1. The van der Waals surface area contributed by atoms with E-state index in [0.29, 0.717) is 0 Å². The van der Waals surface area contributed by atoms with Crippen molar-refractivity contribution in [1.82, 2.24) is 31.9 Å². The molecule has 11 fully saturated rings. The summed E-state index contributed by atoms with van der Waals surface area (Å²) in [4.78, 5) is 76.6. The molecule has 36 N–H and O–H groups in total. The van der Waals surface area contributed by atoms with Gasteiger partial charge in [-0.1, -0.05) is 0 Å². The van der Waals surface area contributed by atoms with Crippen molar-refractivity contribution < 1.29 is 286 Å². The Hall–Kier alpha value is -5.26. The summed E-state index contributed by atoms with van der Waals surface area (Å²) in [6, 6.07) is -10.9. The standard InChI is InChI=1S/C80H134N6O58/c1-20(98)82-37-48(109)42(103)26(7-88)126-72(37)143-68-46(107)35(136-80(60(68)121)140-65-33(14-95)133-73(41(52(65)113)86-24(5)102)142-67-45(106)29(10-91)129-78(59(67)120)141-66-34(15-96)134-75(58(119)55(66)116)123-16-25(6-87)81-19-97)17-125-71-39(84-22(3)100)50(111)63(31(12-93)131-71)139-79-61(122)69(144-74-40(85-23(4)101)51(112)64(32(13-94)132-74)138-77-57(118)54(115)44(105)28(9-90)128-77)47(108)36(135-79)18-124-70-38(83-21(2)99)49(110)62(30(11-92)130-70)137-76-56(117)53(114)43(104)27(8-89)127-76/h19,25-80,87-96,103-122H,6-18H2,1-5H3,(H,81,97)(H,82,98)(H,83,99)(H,84,100)(H,85,101)(H,86,102)/t25-,26-,27-,28-,29-,30-,31-,32-,33-,34-,35-,36-,37-,38-,39-,40-,41-,42-,43+,44+,45+,46+,47+,48-,49-,50-,51-,52-,53+,54+,55-,56-,57-,58-,59-,60-,61-,62-,63-,64-,65-,66-,67+,68+,69+,70-,71-,72+,73+,74+,75-,76+,77+,78+,79+,80+/m1/s1. The molecule has 11 aliphatic heterocycles. The van der Waals surface area contributed by atoms with Crippen LogP contribution in [0.15, 0.2) is 0 Å². The maximum atomic E-state index is 13.5. The summed E-state index contributed by atoms with van der Waals surface area (Å²) in [6.45, 7) is -8.98. The lowest BCUT2D eigenvalue weighted by Crippen LogP contribution is -2.71. The molecule has 0 aliphatic carbocycles. The predicted octanol–water partition coefficient (Wildman–Crippen LogP) is -25.1. The number of hydrogen-bond donors (Lipinski definition) is 36. The Labute approximate surface area is 815 Å². The van der Waals surface area contributed by atoms with Crippen LogP contribution >= 0.6 is 0 Å². The molecule has 56 atom stereocenters. The number of aliphatic hydroxyl groups is 30. The van der Waals surface area contributed by atoms with E-state index in [1.807, 2.05) is 0 Å². The first kappa shape index (κ1) is 119. The number of ether oxygens (including phenoxy) is 22. The monoisotopic (exact) mass is 2110 g/mol. The molecule has 0 saturated carbocycles. The quantitative estimate of drug-likeness (QED) is 0.0252. The van der Waals surface area contributed by atoms with Crippen LogP contribution in [0.3, 0.4) is 0 Å². The van der Waals surface area contributed by atoms with Gasteiger partial charge in [0.05, 0.1) is 91.9 Å². The first-order chi connectivity index (χ1) is 68.3. The van der Waals surface area contributed by atoms with Gasteiger partial charge in [0, 0.05) is 34.6 Å². The number of aliphatic hydroxyl groups excluding tert-OH is 30. The summed E-state index contributed by atoms with van der Waals surface area (Å²) in [5, 5.41) is 351. The lowest BCUT2D eigenvalue weighted by atomic mass is 9.93. The molecule has 11 heterocycles. The Balaban J connectivity index is 0.876. The molecule has 0 aromatic heterocycles. The molecule has 144 heavy (non-hydrogen) atoms. The van der Waals surface area contributed by atoms with Gasteiger partial charge in [0.1, 0.15) is 268 Å². The maximum absolute atomic E-state index is 13.5. The molecule has 64 heteroatoms. The SMILES string of the molecule is CC(=O)N[C@H]1[C@H](OC[C@H]2O[C@@H](O[C@H]3[C@H](O)[C@@H](NC(C)=O)[C@H](OC[C@H]4O[C@@H](O[C@H]5[C@H](O)[C@@H](NC(C)=O)[C@H](O[C@H]6[C@@H](O)[C@@H](CO)O[C@@H](O[C@H]7[C@H](O)[C@@H](O)[C@H](OC[C@@H](CO)NC=O)O[C@@H]7CO)[C@@H]6O)O[C@@H]5CO)[C@H](O)[C@@H](O[C@@H]5O[C@H](CO)[C@@H](O)[C@H](O)[C@H]5NC(C)=O)[C@H]4O)O[C@@H]3CO)[C@H](O)[C@@H](O[C@@H]3O[C@H](CO)[C@@H](O[C@@H]4O[C@H](CO)[C@H](O)[C@H](O)[C@H]4O)[C@H](O)[C@H]3NC(C)=O)[C@H]2O)O[C@H](CO)[C@@H](O[C@@H]2O[C@H](CO)[C@H](O)[C@H](O)[C@H]2O)[C@@H]1O. The smallest absolute Gasteiger partial charge is 0.217 e. The first-order valence-electron chi connectivity index (χ1n) is 45.9. The van der Waals surface area contributed by atoms with E-state index >= 15 is 0 Å². The van der Waals surface area contributed by atoms with Crippen molar-refractivity contribution in [3.05, 3.63) is 0 Å².